The Hall–Kier alpha value is -3.45. The normalized spacial score (nSPS) is 16.2. The molecule has 3 aromatic rings. The summed E-state index contributed by atoms with van der Waals surface area (Å²) in [6.07, 6.45) is 2.80. The van der Waals surface area contributed by atoms with E-state index in [1.807, 2.05) is 54.3 Å². The summed E-state index contributed by atoms with van der Waals surface area (Å²) in [5, 5.41) is 8.32. The number of methoxy groups -OCH3 is 1. The fourth-order valence-electron chi connectivity index (χ4n) is 3.79. The number of aryl methyl sites for hydroxylation is 1. The van der Waals surface area contributed by atoms with E-state index in [9.17, 15) is 0 Å². The molecule has 0 aliphatic carbocycles. The molecule has 0 spiro atoms. The van der Waals surface area contributed by atoms with Gasteiger partial charge >= 0.3 is 0 Å². The van der Waals surface area contributed by atoms with Crippen LogP contribution in [0.2, 0.25) is 0 Å². The first-order valence-electron chi connectivity index (χ1n) is 10.5. The number of benzene rings is 2. The topological polar surface area (TPSA) is 63.4 Å². The number of hydrogen-bond donors (Lipinski definition) is 1. The van der Waals surface area contributed by atoms with Crippen molar-refractivity contribution in [3.8, 4) is 17.1 Å². The molecular formula is C25H26N4O2S. The largest absolute Gasteiger partial charge is 0.497 e. The van der Waals surface area contributed by atoms with E-state index in [0.717, 1.165) is 34.6 Å². The third kappa shape index (κ3) is 4.16. The van der Waals surface area contributed by atoms with Crippen molar-refractivity contribution < 1.29 is 9.26 Å². The van der Waals surface area contributed by atoms with E-state index in [0.29, 0.717) is 23.4 Å². The van der Waals surface area contributed by atoms with E-state index in [1.165, 1.54) is 5.56 Å². The molecule has 1 aliphatic heterocycles. The Morgan fingerprint density at radius 3 is 2.53 bits per heavy atom. The van der Waals surface area contributed by atoms with Crippen LogP contribution in [0.4, 0.5) is 0 Å². The summed E-state index contributed by atoms with van der Waals surface area (Å²) in [5.41, 5.74) is 5.03. The molecule has 164 valence electrons. The predicted octanol–water partition coefficient (Wildman–Crippen LogP) is 5.16. The van der Waals surface area contributed by atoms with Crippen molar-refractivity contribution in [2.75, 3.05) is 13.7 Å². The highest BCUT2D eigenvalue weighted by molar-refractivity contribution is 7.80. The summed E-state index contributed by atoms with van der Waals surface area (Å²) in [7, 11) is 1.65. The van der Waals surface area contributed by atoms with E-state index in [-0.39, 0.29) is 6.04 Å². The highest BCUT2D eigenvalue weighted by atomic mass is 32.1. The number of hydrogen-bond acceptors (Lipinski definition) is 5. The standard InChI is InChI=1S/C25H26N4O2S/c1-5-15-29-16(3)21(22(26-25(29)32)18-11-13-20(30-4)14-12-18)24-27-23(28-31-24)19-9-7-17(6-2)8-10-19/h5,7-14,22H,1,6,15H2,2-4H3,(H,26,32). The highest BCUT2D eigenvalue weighted by Crippen LogP contribution is 2.37. The van der Waals surface area contributed by atoms with Crippen molar-refractivity contribution in [2.24, 2.45) is 0 Å². The van der Waals surface area contributed by atoms with Gasteiger partial charge < -0.3 is 19.5 Å². The lowest BCUT2D eigenvalue weighted by atomic mass is 9.94. The maximum Gasteiger partial charge on any atom is 0.258 e. The number of ether oxygens (including phenoxy) is 1. The zero-order chi connectivity index (χ0) is 22.7. The molecule has 7 heteroatoms. The lowest BCUT2D eigenvalue weighted by Gasteiger charge is -2.36. The van der Waals surface area contributed by atoms with Crippen molar-refractivity contribution in [1.29, 1.82) is 0 Å². The van der Waals surface area contributed by atoms with Crippen LogP contribution < -0.4 is 10.1 Å². The average molecular weight is 447 g/mol. The molecule has 32 heavy (non-hydrogen) atoms. The Morgan fingerprint density at radius 1 is 1.19 bits per heavy atom. The minimum absolute atomic E-state index is 0.231. The summed E-state index contributed by atoms with van der Waals surface area (Å²) in [5.74, 6) is 1.81. The van der Waals surface area contributed by atoms with Crippen molar-refractivity contribution in [2.45, 2.75) is 26.3 Å². The van der Waals surface area contributed by atoms with Crippen molar-refractivity contribution in [3.63, 3.8) is 0 Å². The average Bonchev–Trinajstić information content (AvgIpc) is 3.31. The minimum Gasteiger partial charge on any atom is -0.497 e. The smallest absolute Gasteiger partial charge is 0.258 e. The molecule has 0 saturated carbocycles. The van der Waals surface area contributed by atoms with Crippen LogP contribution in [0, 0.1) is 0 Å². The maximum atomic E-state index is 5.76. The van der Waals surface area contributed by atoms with E-state index in [4.69, 9.17) is 26.5 Å². The van der Waals surface area contributed by atoms with Crippen molar-refractivity contribution in [1.82, 2.24) is 20.4 Å². The molecule has 2 aromatic carbocycles. The molecule has 0 amide bonds. The SMILES string of the molecule is C=CCN1C(=S)NC(c2ccc(OC)cc2)C(c2nc(-c3ccc(CC)cc3)no2)=C1C. The first-order chi connectivity index (χ1) is 15.5. The number of aromatic nitrogens is 2. The Morgan fingerprint density at radius 2 is 1.91 bits per heavy atom. The first-order valence-corrected chi connectivity index (χ1v) is 10.9. The van der Waals surface area contributed by atoms with Crippen LogP contribution in [0.5, 0.6) is 5.75 Å². The van der Waals surface area contributed by atoms with Crippen LogP contribution in [0.1, 0.15) is 36.9 Å². The monoisotopic (exact) mass is 446 g/mol. The molecular weight excluding hydrogens is 420 g/mol. The molecule has 0 bridgehead atoms. The Balaban J connectivity index is 1.77. The molecule has 1 N–H and O–H groups in total. The maximum absolute atomic E-state index is 5.76. The predicted molar refractivity (Wildman–Crippen MR) is 130 cm³/mol. The molecule has 1 unspecified atom stereocenters. The van der Waals surface area contributed by atoms with Gasteiger partial charge in [0, 0.05) is 17.8 Å². The lowest BCUT2D eigenvalue weighted by molar-refractivity contribution is 0.399. The van der Waals surface area contributed by atoms with Crippen LogP contribution in [0.3, 0.4) is 0 Å². The van der Waals surface area contributed by atoms with Crippen LogP contribution in [0.25, 0.3) is 17.0 Å². The quantitative estimate of drug-likeness (QED) is 0.397. The summed E-state index contributed by atoms with van der Waals surface area (Å²) in [6, 6.07) is 15.9. The van der Waals surface area contributed by atoms with Gasteiger partial charge in [0.2, 0.25) is 5.82 Å². The molecule has 1 aromatic heterocycles. The van der Waals surface area contributed by atoms with Gasteiger partial charge in [-0.3, -0.25) is 0 Å². The van der Waals surface area contributed by atoms with Gasteiger partial charge in [-0.1, -0.05) is 54.6 Å². The second-order valence-corrected chi connectivity index (χ2v) is 7.91. The van der Waals surface area contributed by atoms with Gasteiger partial charge in [-0.2, -0.15) is 4.98 Å². The van der Waals surface area contributed by atoms with Gasteiger partial charge in [0.25, 0.3) is 5.89 Å². The van der Waals surface area contributed by atoms with Crippen LogP contribution in [0.15, 0.2) is 71.4 Å². The third-order valence-electron chi connectivity index (χ3n) is 5.63. The first kappa shape index (κ1) is 21.8. The Labute approximate surface area is 193 Å². The second-order valence-electron chi connectivity index (χ2n) is 7.53. The van der Waals surface area contributed by atoms with Gasteiger partial charge in [-0.15, -0.1) is 6.58 Å². The number of thiocarbonyl (C=S) groups is 1. The van der Waals surface area contributed by atoms with E-state index in [1.54, 1.807) is 7.11 Å². The fraction of sp³-hybridized carbons (Fsp3) is 0.240. The molecule has 4 rings (SSSR count). The van der Waals surface area contributed by atoms with Crippen LogP contribution >= 0.6 is 12.2 Å². The van der Waals surface area contributed by atoms with Gasteiger partial charge in [0.05, 0.1) is 18.7 Å². The van der Waals surface area contributed by atoms with Crippen molar-refractivity contribution >= 4 is 22.9 Å². The molecule has 2 heterocycles. The molecule has 0 saturated heterocycles. The zero-order valence-corrected chi connectivity index (χ0v) is 19.3. The summed E-state index contributed by atoms with van der Waals surface area (Å²) in [6.45, 7) is 8.58. The van der Waals surface area contributed by atoms with Crippen molar-refractivity contribution in [3.05, 3.63) is 83.9 Å². The Kier molecular flexibility index (Phi) is 6.37. The van der Waals surface area contributed by atoms with Crippen LogP contribution in [-0.2, 0) is 6.42 Å². The van der Waals surface area contributed by atoms with E-state index in [2.05, 4.69) is 36.1 Å². The third-order valence-corrected chi connectivity index (χ3v) is 5.97. The summed E-state index contributed by atoms with van der Waals surface area (Å²) < 4.78 is 11.1. The molecule has 0 fully saturated rings. The summed E-state index contributed by atoms with van der Waals surface area (Å²) >= 11 is 5.65. The molecule has 1 aliphatic rings. The number of nitrogens with one attached hydrogen (secondary N) is 1. The summed E-state index contributed by atoms with van der Waals surface area (Å²) in [4.78, 5) is 6.73. The highest BCUT2D eigenvalue weighted by Gasteiger charge is 2.33. The van der Waals surface area contributed by atoms with Gasteiger partial charge in [-0.25, -0.2) is 0 Å². The van der Waals surface area contributed by atoms with Gasteiger partial charge in [0.15, 0.2) is 5.11 Å². The Bertz CT molecular complexity index is 1150. The zero-order valence-electron chi connectivity index (χ0n) is 18.5. The van der Waals surface area contributed by atoms with E-state index < -0.39 is 0 Å². The number of nitrogens with zero attached hydrogens (tertiary/aromatic N) is 3. The minimum atomic E-state index is -0.231. The molecule has 6 nitrogen and oxygen atoms in total. The molecule has 1 atom stereocenters. The second kappa shape index (κ2) is 9.36. The van der Waals surface area contributed by atoms with Gasteiger partial charge in [0.1, 0.15) is 5.75 Å². The number of allylic oxidation sites excluding steroid dienone is 1. The van der Waals surface area contributed by atoms with Gasteiger partial charge in [-0.05, 0) is 48.8 Å². The van der Waals surface area contributed by atoms with E-state index >= 15 is 0 Å². The lowest BCUT2D eigenvalue weighted by Crippen LogP contribution is -2.45. The molecule has 0 radical (unpaired) electrons. The van der Waals surface area contributed by atoms with Crippen LogP contribution in [-0.4, -0.2) is 33.8 Å². The number of rotatable bonds is 7. The fourth-order valence-corrected chi connectivity index (χ4v) is 4.12.